The lowest BCUT2D eigenvalue weighted by Crippen LogP contribution is -2.30. The summed E-state index contributed by atoms with van der Waals surface area (Å²) in [5.41, 5.74) is 0.701. The van der Waals surface area contributed by atoms with Gasteiger partial charge in [0, 0.05) is 12.1 Å². The van der Waals surface area contributed by atoms with Crippen LogP contribution in [0.25, 0.3) is 0 Å². The van der Waals surface area contributed by atoms with Gasteiger partial charge in [-0.1, -0.05) is 18.2 Å². The fourth-order valence-corrected chi connectivity index (χ4v) is 1.73. The molecule has 1 atom stereocenters. The average Bonchev–Trinajstić information content (AvgIpc) is 3.18. The number of hydrogen-bond acceptors (Lipinski definition) is 3. The predicted octanol–water partition coefficient (Wildman–Crippen LogP) is 1.64. The van der Waals surface area contributed by atoms with E-state index in [0.29, 0.717) is 17.2 Å². The SMILES string of the molecule is CC(O)c1ccccc1OCC(=O)NCC1CC1. The molecule has 0 bridgehead atoms. The highest BCUT2D eigenvalue weighted by Crippen LogP contribution is 2.27. The van der Waals surface area contributed by atoms with Crippen molar-refractivity contribution in [2.24, 2.45) is 5.92 Å². The molecule has 0 aliphatic heterocycles. The van der Waals surface area contributed by atoms with Gasteiger partial charge in [-0.3, -0.25) is 4.79 Å². The zero-order chi connectivity index (χ0) is 13.0. The molecule has 1 aliphatic rings. The molecule has 0 radical (unpaired) electrons. The van der Waals surface area contributed by atoms with E-state index in [9.17, 15) is 9.90 Å². The first-order chi connectivity index (χ1) is 8.66. The van der Waals surface area contributed by atoms with Crippen LogP contribution in [0, 0.1) is 5.92 Å². The molecule has 0 heterocycles. The Morgan fingerprint density at radius 3 is 2.89 bits per heavy atom. The molecule has 2 N–H and O–H groups in total. The van der Waals surface area contributed by atoms with Gasteiger partial charge in [0.2, 0.25) is 0 Å². The summed E-state index contributed by atoms with van der Waals surface area (Å²) in [4.78, 5) is 11.5. The molecule has 98 valence electrons. The summed E-state index contributed by atoms with van der Waals surface area (Å²) in [6.07, 6.45) is 1.83. The summed E-state index contributed by atoms with van der Waals surface area (Å²) < 4.78 is 5.44. The summed E-state index contributed by atoms with van der Waals surface area (Å²) in [6, 6.07) is 7.21. The van der Waals surface area contributed by atoms with Crippen LogP contribution in [0.2, 0.25) is 0 Å². The highest BCUT2D eigenvalue weighted by atomic mass is 16.5. The Bertz CT molecular complexity index is 413. The topological polar surface area (TPSA) is 58.6 Å². The van der Waals surface area contributed by atoms with Crippen molar-refractivity contribution < 1.29 is 14.6 Å². The van der Waals surface area contributed by atoms with Crippen LogP contribution in [0.5, 0.6) is 5.75 Å². The van der Waals surface area contributed by atoms with E-state index in [1.807, 2.05) is 12.1 Å². The molecule has 0 saturated heterocycles. The van der Waals surface area contributed by atoms with Crippen LogP contribution in [0.3, 0.4) is 0 Å². The number of benzene rings is 1. The van der Waals surface area contributed by atoms with Crippen LogP contribution < -0.4 is 10.1 Å². The molecule has 1 aliphatic carbocycles. The number of aliphatic hydroxyl groups excluding tert-OH is 1. The van der Waals surface area contributed by atoms with Crippen LogP contribution in [-0.4, -0.2) is 24.2 Å². The van der Waals surface area contributed by atoms with Gasteiger partial charge in [-0.2, -0.15) is 0 Å². The Kier molecular flexibility index (Phi) is 4.20. The fraction of sp³-hybridized carbons (Fsp3) is 0.500. The normalized spacial score (nSPS) is 16.1. The molecule has 1 fully saturated rings. The molecule has 4 heteroatoms. The first-order valence-corrected chi connectivity index (χ1v) is 6.33. The minimum atomic E-state index is -0.601. The first kappa shape index (κ1) is 12.9. The van der Waals surface area contributed by atoms with Gasteiger partial charge in [0.05, 0.1) is 6.10 Å². The van der Waals surface area contributed by atoms with Gasteiger partial charge >= 0.3 is 0 Å². The average molecular weight is 249 g/mol. The Morgan fingerprint density at radius 2 is 2.22 bits per heavy atom. The van der Waals surface area contributed by atoms with Crippen LogP contribution in [0.15, 0.2) is 24.3 Å². The van der Waals surface area contributed by atoms with Crippen molar-refractivity contribution in [1.29, 1.82) is 0 Å². The Balaban J connectivity index is 1.82. The van der Waals surface area contributed by atoms with Gasteiger partial charge in [-0.25, -0.2) is 0 Å². The third-order valence-corrected chi connectivity index (χ3v) is 3.01. The Morgan fingerprint density at radius 1 is 1.50 bits per heavy atom. The molecule has 1 saturated carbocycles. The second-order valence-corrected chi connectivity index (χ2v) is 4.75. The van der Waals surface area contributed by atoms with Crippen molar-refractivity contribution in [2.75, 3.05) is 13.2 Å². The molecular weight excluding hydrogens is 230 g/mol. The molecule has 1 unspecified atom stereocenters. The highest BCUT2D eigenvalue weighted by molar-refractivity contribution is 5.77. The Hall–Kier alpha value is -1.55. The van der Waals surface area contributed by atoms with Gasteiger partial charge in [0.25, 0.3) is 5.91 Å². The maximum Gasteiger partial charge on any atom is 0.257 e. The number of para-hydroxylation sites is 1. The van der Waals surface area contributed by atoms with Gasteiger partial charge in [0.1, 0.15) is 5.75 Å². The van der Waals surface area contributed by atoms with Crippen molar-refractivity contribution in [2.45, 2.75) is 25.9 Å². The number of carbonyl (C=O) groups excluding carboxylic acids is 1. The van der Waals surface area contributed by atoms with Crippen LogP contribution >= 0.6 is 0 Å². The third-order valence-electron chi connectivity index (χ3n) is 3.01. The number of rotatable bonds is 6. The van der Waals surface area contributed by atoms with Crippen molar-refractivity contribution in [3.05, 3.63) is 29.8 Å². The molecule has 0 spiro atoms. The van der Waals surface area contributed by atoms with E-state index in [-0.39, 0.29) is 12.5 Å². The lowest BCUT2D eigenvalue weighted by atomic mass is 10.1. The fourth-order valence-electron chi connectivity index (χ4n) is 1.73. The van der Waals surface area contributed by atoms with Gasteiger partial charge in [-0.15, -0.1) is 0 Å². The lowest BCUT2D eigenvalue weighted by Gasteiger charge is -2.13. The highest BCUT2D eigenvalue weighted by Gasteiger charge is 2.21. The van der Waals surface area contributed by atoms with Gasteiger partial charge < -0.3 is 15.2 Å². The zero-order valence-electron chi connectivity index (χ0n) is 10.6. The molecule has 1 aromatic carbocycles. The quantitative estimate of drug-likeness (QED) is 0.806. The van der Waals surface area contributed by atoms with E-state index >= 15 is 0 Å². The zero-order valence-corrected chi connectivity index (χ0v) is 10.6. The second-order valence-electron chi connectivity index (χ2n) is 4.75. The van der Waals surface area contributed by atoms with Gasteiger partial charge in [-0.05, 0) is 31.7 Å². The first-order valence-electron chi connectivity index (χ1n) is 6.33. The number of ether oxygens (including phenoxy) is 1. The molecule has 1 aromatic rings. The molecule has 4 nitrogen and oxygen atoms in total. The summed E-state index contributed by atoms with van der Waals surface area (Å²) in [7, 11) is 0. The van der Waals surface area contributed by atoms with Crippen molar-refractivity contribution in [3.63, 3.8) is 0 Å². The summed E-state index contributed by atoms with van der Waals surface area (Å²) in [5, 5.41) is 12.4. The smallest absolute Gasteiger partial charge is 0.257 e. The van der Waals surface area contributed by atoms with Gasteiger partial charge in [0.15, 0.2) is 6.61 Å². The second kappa shape index (κ2) is 5.87. The van der Waals surface area contributed by atoms with Crippen molar-refractivity contribution in [1.82, 2.24) is 5.32 Å². The summed E-state index contributed by atoms with van der Waals surface area (Å²) >= 11 is 0. The number of hydrogen-bond donors (Lipinski definition) is 2. The molecule has 18 heavy (non-hydrogen) atoms. The minimum Gasteiger partial charge on any atom is -0.483 e. The molecular formula is C14H19NO3. The maximum absolute atomic E-state index is 11.5. The van der Waals surface area contributed by atoms with Crippen molar-refractivity contribution >= 4 is 5.91 Å². The van der Waals surface area contributed by atoms with E-state index in [1.54, 1.807) is 19.1 Å². The standard InChI is InChI=1S/C14H19NO3/c1-10(16)12-4-2-3-5-13(12)18-9-14(17)15-8-11-6-7-11/h2-5,10-11,16H,6-9H2,1H3,(H,15,17). The lowest BCUT2D eigenvalue weighted by molar-refractivity contribution is -0.123. The van der Waals surface area contributed by atoms with E-state index in [1.165, 1.54) is 12.8 Å². The van der Waals surface area contributed by atoms with Crippen LogP contribution in [-0.2, 0) is 4.79 Å². The number of amides is 1. The number of carbonyl (C=O) groups is 1. The van der Waals surface area contributed by atoms with E-state index < -0.39 is 6.10 Å². The van der Waals surface area contributed by atoms with E-state index in [0.717, 1.165) is 6.54 Å². The molecule has 1 amide bonds. The summed E-state index contributed by atoms with van der Waals surface area (Å²) in [6.45, 7) is 2.42. The van der Waals surface area contributed by atoms with E-state index in [2.05, 4.69) is 5.32 Å². The largest absolute Gasteiger partial charge is 0.483 e. The number of nitrogens with one attached hydrogen (secondary N) is 1. The third kappa shape index (κ3) is 3.74. The molecule has 0 aromatic heterocycles. The monoisotopic (exact) mass is 249 g/mol. The Labute approximate surface area is 107 Å². The predicted molar refractivity (Wildman–Crippen MR) is 68.3 cm³/mol. The van der Waals surface area contributed by atoms with Crippen LogP contribution in [0.1, 0.15) is 31.4 Å². The minimum absolute atomic E-state index is 0.00352. The maximum atomic E-state index is 11.5. The van der Waals surface area contributed by atoms with E-state index in [4.69, 9.17) is 4.74 Å². The van der Waals surface area contributed by atoms with Crippen molar-refractivity contribution in [3.8, 4) is 5.75 Å². The molecule has 2 rings (SSSR count). The summed E-state index contributed by atoms with van der Waals surface area (Å²) in [5.74, 6) is 1.12. The van der Waals surface area contributed by atoms with Crippen LogP contribution in [0.4, 0.5) is 0 Å². The number of aliphatic hydroxyl groups is 1.